The molecule has 0 spiro atoms. The van der Waals surface area contributed by atoms with Crippen LogP contribution in [0.1, 0.15) is 12.8 Å². The second-order valence-electron chi connectivity index (χ2n) is 4.36. The average Bonchev–Trinajstić information content (AvgIpc) is 2.92. The zero-order chi connectivity index (χ0) is 12.6. The van der Waals surface area contributed by atoms with Gasteiger partial charge in [-0.05, 0) is 37.1 Å². The van der Waals surface area contributed by atoms with E-state index in [1.807, 2.05) is 24.3 Å². The summed E-state index contributed by atoms with van der Waals surface area (Å²) in [6.07, 6.45) is 2.76. The number of benzene rings is 1. The van der Waals surface area contributed by atoms with E-state index in [1.165, 1.54) is 12.8 Å². The van der Waals surface area contributed by atoms with Gasteiger partial charge in [-0.15, -0.1) is 0 Å². The Morgan fingerprint density at radius 3 is 2.72 bits per heavy atom. The molecule has 0 saturated carbocycles. The third-order valence-corrected chi connectivity index (χ3v) is 3.00. The molecule has 2 rings (SSSR count). The molecule has 1 atom stereocenters. The Hall–Kier alpha value is -1.26. The first-order valence-corrected chi connectivity index (χ1v) is 6.47. The number of ether oxygens (including phenoxy) is 3. The Morgan fingerprint density at radius 1 is 1.28 bits per heavy atom. The highest BCUT2D eigenvalue weighted by molar-refractivity contribution is 5.31. The Labute approximate surface area is 108 Å². The molecule has 4 heteroatoms. The van der Waals surface area contributed by atoms with E-state index in [1.54, 1.807) is 7.11 Å². The van der Waals surface area contributed by atoms with E-state index in [0.29, 0.717) is 12.7 Å². The predicted molar refractivity (Wildman–Crippen MR) is 70.3 cm³/mol. The lowest BCUT2D eigenvalue weighted by molar-refractivity contribution is 0.109. The molecular formula is C14H21NO3. The molecule has 1 N–H and O–H groups in total. The van der Waals surface area contributed by atoms with Gasteiger partial charge in [-0.3, -0.25) is 0 Å². The lowest BCUT2D eigenvalue weighted by Gasteiger charge is -2.11. The normalized spacial score (nSPS) is 18.8. The highest BCUT2D eigenvalue weighted by Crippen LogP contribution is 2.16. The summed E-state index contributed by atoms with van der Waals surface area (Å²) in [6.45, 7) is 3.34. The Morgan fingerprint density at radius 2 is 2.06 bits per heavy atom. The van der Waals surface area contributed by atoms with Gasteiger partial charge in [-0.25, -0.2) is 0 Å². The summed E-state index contributed by atoms with van der Waals surface area (Å²) in [5.41, 5.74) is 0. The molecule has 100 valence electrons. The van der Waals surface area contributed by atoms with Crippen molar-refractivity contribution in [2.45, 2.75) is 18.9 Å². The van der Waals surface area contributed by atoms with Gasteiger partial charge >= 0.3 is 0 Å². The Balaban J connectivity index is 1.56. The van der Waals surface area contributed by atoms with Gasteiger partial charge in [0.1, 0.15) is 18.1 Å². The van der Waals surface area contributed by atoms with Gasteiger partial charge in [0.2, 0.25) is 0 Å². The van der Waals surface area contributed by atoms with Crippen molar-refractivity contribution in [3.63, 3.8) is 0 Å². The van der Waals surface area contributed by atoms with Crippen LogP contribution < -0.4 is 14.8 Å². The van der Waals surface area contributed by atoms with Crippen molar-refractivity contribution in [3.05, 3.63) is 24.3 Å². The molecule has 1 fully saturated rings. The van der Waals surface area contributed by atoms with Crippen LogP contribution in [0.25, 0.3) is 0 Å². The molecule has 1 unspecified atom stereocenters. The molecule has 1 saturated heterocycles. The molecule has 1 aromatic rings. The maximum absolute atomic E-state index is 5.61. The van der Waals surface area contributed by atoms with Gasteiger partial charge in [0.25, 0.3) is 0 Å². The molecule has 0 amide bonds. The van der Waals surface area contributed by atoms with Crippen molar-refractivity contribution in [2.24, 2.45) is 0 Å². The molecule has 1 heterocycles. The molecular weight excluding hydrogens is 230 g/mol. The van der Waals surface area contributed by atoms with Gasteiger partial charge in [-0.1, -0.05) is 0 Å². The minimum absolute atomic E-state index is 0.394. The van der Waals surface area contributed by atoms with E-state index >= 15 is 0 Å². The van der Waals surface area contributed by atoms with Crippen LogP contribution in [0, 0.1) is 0 Å². The minimum atomic E-state index is 0.394. The topological polar surface area (TPSA) is 39.7 Å². The van der Waals surface area contributed by atoms with Crippen molar-refractivity contribution in [1.82, 2.24) is 5.32 Å². The van der Waals surface area contributed by atoms with Gasteiger partial charge in [0, 0.05) is 19.7 Å². The summed E-state index contributed by atoms with van der Waals surface area (Å²) in [5, 5.41) is 3.35. The van der Waals surface area contributed by atoms with Gasteiger partial charge < -0.3 is 19.5 Å². The number of hydrogen-bond donors (Lipinski definition) is 1. The molecule has 4 nitrogen and oxygen atoms in total. The van der Waals surface area contributed by atoms with E-state index in [2.05, 4.69) is 5.32 Å². The van der Waals surface area contributed by atoms with Crippen LogP contribution in [0.3, 0.4) is 0 Å². The first-order valence-electron chi connectivity index (χ1n) is 6.47. The van der Waals surface area contributed by atoms with Gasteiger partial charge in [-0.2, -0.15) is 0 Å². The standard InChI is InChI=1S/C14H21NO3/c1-16-12-4-6-13(7-5-12)18-10-8-15-11-14-3-2-9-17-14/h4-7,14-15H,2-3,8-11H2,1H3. The lowest BCUT2D eigenvalue weighted by atomic mass is 10.2. The third-order valence-electron chi connectivity index (χ3n) is 3.00. The van der Waals surface area contributed by atoms with Crippen LogP contribution in [0.4, 0.5) is 0 Å². The number of hydrogen-bond acceptors (Lipinski definition) is 4. The highest BCUT2D eigenvalue weighted by atomic mass is 16.5. The van der Waals surface area contributed by atoms with Crippen molar-refractivity contribution < 1.29 is 14.2 Å². The van der Waals surface area contributed by atoms with Crippen molar-refractivity contribution >= 4 is 0 Å². The maximum Gasteiger partial charge on any atom is 0.119 e. The van der Waals surface area contributed by atoms with Crippen LogP contribution in [-0.2, 0) is 4.74 Å². The van der Waals surface area contributed by atoms with E-state index in [-0.39, 0.29) is 0 Å². The smallest absolute Gasteiger partial charge is 0.119 e. The first kappa shape index (κ1) is 13.2. The molecule has 1 aromatic carbocycles. The molecule has 0 radical (unpaired) electrons. The summed E-state index contributed by atoms with van der Waals surface area (Å²) in [5.74, 6) is 1.72. The fourth-order valence-electron chi connectivity index (χ4n) is 1.98. The van der Waals surface area contributed by atoms with Crippen LogP contribution in [0.2, 0.25) is 0 Å². The largest absolute Gasteiger partial charge is 0.497 e. The fourth-order valence-corrected chi connectivity index (χ4v) is 1.98. The molecule has 0 bridgehead atoms. The quantitative estimate of drug-likeness (QED) is 0.751. The zero-order valence-electron chi connectivity index (χ0n) is 10.9. The molecule has 18 heavy (non-hydrogen) atoms. The Bertz CT molecular complexity index is 333. The number of nitrogens with one attached hydrogen (secondary N) is 1. The van der Waals surface area contributed by atoms with E-state index in [0.717, 1.165) is 31.2 Å². The summed E-state index contributed by atoms with van der Waals surface area (Å²) in [6, 6.07) is 7.63. The molecule has 0 aliphatic carbocycles. The summed E-state index contributed by atoms with van der Waals surface area (Å²) < 4.78 is 16.2. The van der Waals surface area contributed by atoms with Crippen molar-refractivity contribution in [2.75, 3.05) is 33.4 Å². The van der Waals surface area contributed by atoms with Crippen LogP contribution in [0.5, 0.6) is 11.5 Å². The second kappa shape index (κ2) is 7.24. The van der Waals surface area contributed by atoms with Crippen LogP contribution in [0.15, 0.2) is 24.3 Å². The summed E-state index contributed by atoms with van der Waals surface area (Å²) >= 11 is 0. The first-order chi connectivity index (χ1) is 8.88. The van der Waals surface area contributed by atoms with Gasteiger partial charge in [0.05, 0.1) is 13.2 Å². The molecule has 0 aromatic heterocycles. The average molecular weight is 251 g/mol. The summed E-state index contributed by atoms with van der Waals surface area (Å²) in [4.78, 5) is 0. The van der Waals surface area contributed by atoms with Gasteiger partial charge in [0.15, 0.2) is 0 Å². The van der Waals surface area contributed by atoms with Crippen LogP contribution in [-0.4, -0.2) is 39.5 Å². The summed E-state index contributed by atoms with van der Waals surface area (Å²) in [7, 11) is 1.66. The maximum atomic E-state index is 5.61. The van der Waals surface area contributed by atoms with E-state index < -0.39 is 0 Å². The van der Waals surface area contributed by atoms with Crippen molar-refractivity contribution in [3.8, 4) is 11.5 Å². The number of methoxy groups -OCH3 is 1. The SMILES string of the molecule is COc1ccc(OCCNCC2CCCO2)cc1. The zero-order valence-corrected chi connectivity index (χ0v) is 10.9. The van der Waals surface area contributed by atoms with Crippen molar-refractivity contribution in [1.29, 1.82) is 0 Å². The second-order valence-corrected chi connectivity index (χ2v) is 4.36. The van der Waals surface area contributed by atoms with E-state index in [9.17, 15) is 0 Å². The number of rotatable bonds is 7. The molecule has 1 aliphatic rings. The van der Waals surface area contributed by atoms with Crippen LogP contribution >= 0.6 is 0 Å². The predicted octanol–water partition coefficient (Wildman–Crippen LogP) is 1.84. The monoisotopic (exact) mass is 251 g/mol. The van der Waals surface area contributed by atoms with E-state index in [4.69, 9.17) is 14.2 Å². The third kappa shape index (κ3) is 4.20. The molecule has 1 aliphatic heterocycles. The fraction of sp³-hybridized carbons (Fsp3) is 0.571. The Kier molecular flexibility index (Phi) is 5.30. The lowest BCUT2D eigenvalue weighted by Crippen LogP contribution is -2.29. The highest BCUT2D eigenvalue weighted by Gasteiger charge is 2.14. The minimum Gasteiger partial charge on any atom is -0.497 e.